The summed E-state index contributed by atoms with van der Waals surface area (Å²) in [6.45, 7) is 2.20. The van der Waals surface area contributed by atoms with E-state index in [1.165, 1.54) is 0 Å². The summed E-state index contributed by atoms with van der Waals surface area (Å²) in [5.41, 5.74) is 2.40. The lowest BCUT2D eigenvalue weighted by atomic mass is 10.1. The highest BCUT2D eigenvalue weighted by molar-refractivity contribution is 6.02. The molecule has 6 heteroatoms. The number of ether oxygens (including phenoxy) is 1. The number of nitrogens with one attached hydrogen (secondary N) is 1. The smallest absolute Gasteiger partial charge is 0.227 e. The molecule has 6 nitrogen and oxygen atoms in total. The molecule has 1 aliphatic rings. The Morgan fingerprint density at radius 3 is 2.41 bits per heavy atom. The normalized spacial score (nSPS) is 16.3. The van der Waals surface area contributed by atoms with Gasteiger partial charge in [-0.25, -0.2) is 0 Å². The largest absolute Gasteiger partial charge is 0.497 e. The molecule has 140 valence electrons. The van der Waals surface area contributed by atoms with Gasteiger partial charge in [0.05, 0.1) is 19.6 Å². The second-order valence-electron chi connectivity index (χ2n) is 6.61. The summed E-state index contributed by atoms with van der Waals surface area (Å²) < 4.78 is 5.06. The molecular formula is C21H22N2O4. The molecule has 1 heterocycles. The van der Waals surface area contributed by atoms with E-state index >= 15 is 0 Å². The van der Waals surface area contributed by atoms with Crippen LogP contribution in [0.25, 0.3) is 0 Å². The van der Waals surface area contributed by atoms with Gasteiger partial charge in [-0.2, -0.15) is 0 Å². The van der Waals surface area contributed by atoms with E-state index in [-0.39, 0.29) is 30.6 Å². The van der Waals surface area contributed by atoms with Crippen LogP contribution in [0.5, 0.6) is 5.75 Å². The van der Waals surface area contributed by atoms with Crippen LogP contribution in [0.2, 0.25) is 0 Å². The van der Waals surface area contributed by atoms with Crippen LogP contribution in [0.1, 0.15) is 22.3 Å². The second-order valence-corrected chi connectivity index (χ2v) is 6.61. The number of rotatable bonds is 6. The average Bonchev–Trinajstić information content (AvgIpc) is 3.08. The van der Waals surface area contributed by atoms with Gasteiger partial charge in [-0.1, -0.05) is 17.7 Å². The molecule has 1 N–H and O–H groups in total. The van der Waals surface area contributed by atoms with Gasteiger partial charge in [-0.15, -0.1) is 0 Å². The van der Waals surface area contributed by atoms with Gasteiger partial charge in [-0.05, 0) is 43.3 Å². The Morgan fingerprint density at radius 2 is 1.78 bits per heavy atom. The van der Waals surface area contributed by atoms with Crippen LogP contribution in [0.3, 0.4) is 0 Å². The van der Waals surface area contributed by atoms with Crippen molar-refractivity contribution < 1.29 is 19.1 Å². The molecule has 0 aliphatic carbocycles. The second kappa shape index (κ2) is 8.03. The molecule has 0 bridgehead atoms. The number of ketones is 1. The van der Waals surface area contributed by atoms with E-state index in [1.807, 2.05) is 31.2 Å². The number of methoxy groups -OCH3 is 1. The van der Waals surface area contributed by atoms with Crippen LogP contribution < -0.4 is 15.0 Å². The SMILES string of the molecule is COc1ccc(C(=O)CNC(=O)C2CC(=O)N(c3ccc(C)cc3)C2)cc1. The van der Waals surface area contributed by atoms with Gasteiger partial charge in [0.1, 0.15) is 5.75 Å². The van der Waals surface area contributed by atoms with Crippen LogP contribution in [0.4, 0.5) is 5.69 Å². The van der Waals surface area contributed by atoms with Crippen LogP contribution >= 0.6 is 0 Å². The summed E-state index contributed by atoms with van der Waals surface area (Å²) in [5, 5.41) is 2.65. The topological polar surface area (TPSA) is 75.7 Å². The molecule has 0 aromatic heterocycles. The highest BCUT2D eigenvalue weighted by atomic mass is 16.5. The van der Waals surface area contributed by atoms with E-state index in [2.05, 4.69) is 5.32 Å². The summed E-state index contributed by atoms with van der Waals surface area (Å²) in [6.07, 6.45) is 0.149. The number of anilines is 1. The number of Topliss-reactive ketones (excluding diaryl/α,β-unsaturated/α-hetero) is 1. The Labute approximate surface area is 158 Å². The standard InChI is InChI=1S/C21H22N2O4/c1-14-3-7-17(8-4-14)23-13-16(11-20(23)25)21(26)22-12-19(24)15-5-9-18(27-2)10-6-15/h3-10,16H,11-13H2,1-2H3,(H,22,26). The molecule has 1 unspecified atom stereocenters. The molecule has 27 heavy (non-hydrogen) atoms. The van der Waals surface area contributed by atoms with Gasteiger partial charge >= 0.3 is 0 Å². The van der Waals surface area contributed by atoms with Crippen molar-refractivity contribution in [3.05, 3.63) is 59.7 Å². The number of hydrogen-bond acceptors (Lipinski definition) is 4. The van der Waals surface area contributed by atoms with Crippen LogP contribution in [-0.2, 0) is 9.59 Å². The number of carbonyl (C=O) groups is 3. The quantitative estimate of drug-likeness (QED) is 0.797. The molecule has 3 rings (SSSR count). The number of nitrogens with zero attached hydrogens (tertiary/aromatic N) is 1. The first kappa shape index (κ1) is 18.6. The third-order valence-electron chi connectivity index (χ3n) is 4.68. The summed E-state index contributed by atoms with van der Waals surface area (Å²) >= 11 is 0. The lowest BCUT2D eigenvalue weighted by molar-refractivity contribution is -0.126. The number of aryl methyl sites for hydroxylation is 1. The molecular weight excluding hydrogens is 344 g/mol. The van der Waals surface area contributed by atoms with Crippen molar-refractivity contribution in [1.29, 1.82) is 0 Å². The molecule has 0 saturated carbocycles. The molecule has 1 fully saturated rings. The first-order chi connectivity index (χ1) is 13.0. The van der Waals surface area contributed by atoms with Crippen molar-refractivity contribution in [2.24, 2.45) is 5.92 Å². The number of amides is 2. The number of carbonyl (C=O) groups excluding carboxylic acids is 3. The minimum absolute atomic E-state index is 0.0829. The Morgan fingerprint density at radius 1 is 1.11 bits per heavy atom. The maximum atomic E-state index is 12.4. The van der Waals surface area contributed by atoms with E-state index < -0.39 is 5.92 Å². The van der Waals surface area contributed by atoms with Gasteiger partial charge < -0.3 is 15.0 Å². The number of benzene rings is 2. The van der Waals surface area contributed by atoms with Gasteiger partial charge in [-0.3, -0.25) is 14.4 Å². The minimum atomic E-state index is -0.456. The van der Waals surface area contributed by atoms with Crippen LogP contribution in [-0.4, -0.2) is 37.8 Å². The zero-order valence-corrected chi connectivity index (χ0v) is 15.4. The Balaban J connectivity index is 1.55. The molecule has 0 spiro atoms. The maximum Gasteiger partial charge on any atom is 0.227 e. The third-order valence-corrected chi connectivity index (χ3v) is 4.68. The zero-order valence-electron chi connectivity index (χ0n) is 15.4. The first-order valence-corrected chi connectivity index (χ1v) is 8.80. The average molecular weight is 366 g/mol. The van der Waals surface area contributed by atoms with Crippen molar-refractivity contribution in [2.45, 2.75) is 13.3 Å². The predicted octanol–water partition coefficient (Wildman–Crippen LogP) is 2.36. The van der Waals surface area contributed by atoms with Gasteiger partial charge in [0, 0.05) is 24.2 Å². The fourth-order valence-electron chi connectivity index (χ4n) is 3.05. The van der Waals surface area contributed by atoms with Crippen molar-refractivity contribution in [1.82, 2.24) is 5.32 Å². The predicted molar refractivity (Wildman–Crippen MR) is 102 cm³/mol. The van der Waals surface area contributed by atoms with Crippen molar-refractivity contribution >= 4 is 23.3 Å². The van der Waals surface area contributed by atoms with Gasteiger partial charge in [0.15, 0.2) is 5.78 Å². The summed E-state index contributed by atoms with van der Waals surface area (Å²) in [6, 6.07) is 14.3. The van der Waals surface area contributed by atoms with Crippen LogP contribution in [0.15, 0.2) is 48.5 Å². The third kappa shape index (κ3) is 4.34. The maximum absolute atomic E-state index is 12.4. The lowest BCUT2D eigenvalue weighted by Gasteiger charge is -2.17. The fourth-order valence-corrected chi connectivity index (χ4v) is 3.05. The minimum Gasteiger partial charge on any atom is -0.497 e. The van der Waals surface area contributed by atoms with Crippen molar-refractivity contribution in [3.63, 3.8) is 0 Å². The summed E-state index contributed by atoms with van der Waals surface area (Å²) in [5.74, 6) is -0.343. The molecule has 1 aliphatic heterocycles. The van der Waals surface area contributed by atoms with Gasteiger partial charge in [0.25, 0.3) is 0 Å². The lowest BCUT2D eigenvalue weighted by Crippen LogP contribution is -2.36. The molecule has 2 aromatic rings. The van der Waals surface area contributed by atoms with Gasteiger partial charge in [0.2, 0.25) is 11.8 Å². The summed E-state index contributed by atoms with van der Waals surface area (Å²) in [7, 11) is 1.56. The first-order valence-electron chi connectivity index (χ1n) is 8.80. The van der Waals surface area contributed by atoms with Crippen LogP contribution in [0, 0.1) is 12.8 Å². The summed E-state index contributed by atoms with van der Waals surface area (Å²) in [4.78, 5) is 38.5. The van der Waals surface area contributed by atoms with E-state index in [4.69, 9.17) is 4.74 Å². The van der Waals surface area contributed by atoms with E-state index in [0.717, 1.165) is 11.3 Å². The fraction of sp³-hybridized carbons (Fsp3) is 0.286. The Bertz CT molecular complexity index is 843. The monoisotopic (exact) mass is 366 g/mol. The Hall–Kier alpha value is -3.15. The number of hydrogen-bond donors (Lipinski definition) is 1. The van der Waals surface area contributed by atoms with E-state index in [0.29, 0.717) is 17.9 Å². The zero-order chi connectivity index (χ0) is 19.4. The molecule has 2 aromatic carbocycles. The molecule has 1 atom stereocenters. The van der Waals surface area contributed by atoms with E-state index in [1.54, 1.807) is 36.3 Å². The molecule has 1 saturated heterocycles. The Kier molecular flexibility index (Phi) is 5.54. The highest BCUT2D eigenvalue weighted by Gasteiger charge is 2.35. The van der Waals surface area contributed by atoms with Crippen molar-refractivity contribution in [2.75, 3.05) is 25.1 Å². The molecule has 2 amide bonds. The highest BCUT2D eigenvalue weighted by Crippen LogP contribution is 2.25. The van der Waals surface area contributed by atoms with E-state index in [9.17, 15) is 14.4 Å². The molecule has 0 radical (unpaired) electrons. The van der Waals surface area contributed by atoms with Crippen molar-refractivity contribution in [3.8, 4) is 5.75 Å².